The molecule has 2 aliphatic rings. The summed E-state index contributed by atoms with van der Waals surface area (Å²) in [6, 6.07) is 5.17. The van der Waals surface area contributed by atoms with Gasteiger partial charge < -0.3 is 10.2 Å². The van der Waals surface area contributed by atoms with Gasteiger partial charge in [0.05, 0.1) is 15.7 Å². The molecule has 1 aromatic carbocycles. The van der Waals surface area contributed by atoms with E-state index in [1.807, 2.05) is 4.90 Å². The summed E-state index contributed by atoms with van der Waals surface area (Å²) >= 11 is 12.0. The van der Waals surface area contributed by atoms with Crippen LogP contribution in [0.25, 0.3) is 0 Å². The van der Waals surface area contributed by atoms with Crippen molar-refractivity contribution in [3.63, 3.8) is 0 Å². The zero-order chi connectivity index (χ0) is 15.7. The fourth-order valence-electron chi connectivity index (χ4n) is 2.79. The molecule has 0 bridgehead atoms. The van der Waals surface area contributed by atoms with Crippen molar-refractivity contribution in [1.82, 2.24) is 4.90 Å². The molecule has 1 aliphatic carbocycles. The lowest BCUT2D eigenvalue weighted by Crippen LogP contribution is -2.42. The van der Waals surface area contributed by atoms with Crippen LogP contribution in [0.3, 0.4) is 0 Å². The first kappa shape index (κ1) is 15.6. The zero-order valence-corrected chi connectivity index (χ0v) is 13.7. The van der Waals surface area contributed by atoms with E-state index in [1.54, 1.807) is 18.2 Å². The van der Waals surface area contributed by atoms with Gasteiger partial charge in [-0.05, 0) is 37.8 Å². The fourth-order valence-corrected chi connectivity index (χ4v) is 3.13. The van der Waals surface area contributed by atoms with Gasteiger partial charge in [-0.3, -0.25) is 9.59 Å². The second-order valence-corrected chi connectivity index (χ2v) is 6.75. The highest BCUT2D eigenvalue weighted by molar-refractivity contribution is 6.44. The normalized spacial score (nSPS) is 19.1. The predicted octanol–water partition coefficient (Wildman–Crippen LogP) is 3.58. The first-order chi connectivity index (χ1) is 10.6. The van der Waals surface area contributed by atoms with Crippen LogP contribution in [0.5, 0.6) is 0 Å². The van der Waals surface area contributed by atoms with Crippen molar-refractivity contribution < 1.29 is 9.59 Å². The molecule has 0 aromatic heterocycles. The van der Waals surface area contributed by atoms with Gasteiger partial charge in [0.25, 0.3) is 0 Å². The van der Waals surface area contributed by atoms with Crippen LogP contribution in [0.15, 0.2) is 18.2 Å². The second kappa shape index (κ2) is 6.47. The van der Waals surface area contributed by atoms with Gasteiger partial charge >= 0.3 is 0 Å². The molecule has 1 aromatic rings. The van der Waals surface area contributed by atoms with Gasteiger partial charge in [-0.2, -0.15) is 0 Å². The molecule has 3 rings (SSSR count). The predicted molar refractivity (Wildman–Crippen MR) is 87.1 cm³/mol. The maximum Gasteiger partial charge on any atom is 0.227 e. The molecule has 1 aliphatic heterocycles. The van der Waals surface area contributed by atoms with Crippen molar-refractivity contribution in [2.45, 2.75) is 25.7 Å². The topological polar surface area (TPSA) is 49.4 Å². The van der Waals surface area contributed by atoms with Crippen molar-refractivity contribution in [3.8, 4) is 0 Å². The molecular weight excluding hydrogens is 323 g/mol. The van der Waals surface area contributed by atoms with Gasteiger partial charge in [0, 0.05) is 24.9 Å². The number of rotatable bonds is 3. The highest BCUT2D eigenvalue weighted by Crippen LogP contribution is 2.33. The Morgan fingerprint density at radius 2 is 1.73 bits per heavy atom. The Morgan fingerprint density at radius 1 is 1.05 bits per heavy atom. The van der Waals surface area contributed by atoms with Crippen molar-refractivity contribution in [2.75, 3.05) is 18.4 Å². The average molecular weight is 341 g/mol. The second-order valence-electron chi connectivity index (χ2n) is 5.96. The largest absolute Gasteiger partial charge is 0.342 e. The van der Waals surface area contributed by atoms with E-state index in [-0.39, 0.29) is 23.7 Å². The van der Waals surface area contributed by atoms with Crippen molar-refractivity contribution >= 4 is 40.7 Å². The van der Waals surface area contributed by atoms with Crippen LogP contribution in [0.2, 0.25) is 10.0 Å². The molecule has 0 unspecified atom stereocenters. The van der Waals surface area contributed by atoms with Gasteiger partial charge in [-0.1, -0.05) is 29.3 Å². The summed E-state index contributed by atoms with van der Waals surface area (Å²) in [6.45, 7) is 1.33. The number of hydrogen-bond acceptors (Lipinski definition) is 2. The summed E-state index contributed by atoms with van der Waals surface area (Å²) in [5, 5.41) is 3.62. The van der Waals surface area contributed by atoms with Crippen LogP contribution < -0.4 is 5.32 Å². The van der Waals surface area contributed by atoms with Crippen LogP contribution in [-0.4, -0.2) is 29.8 Å². The van der Waals surface area contributed by atoms with Crippen LogP contribution in [-0.2, 0) is 9.59 Å². The van der Waals surface area contributed by atoms with Crippen molar-refractivity contribution in [1.29, 1.82) is 0 Å². The standard InChI is InChI=1S/C16H18Cl2N2O2/c17-12-2-1-3-13(14(12)18)19-15(21)10-6-8-20(9-7-10)16(22)11-4-5-11/h1-3,10-11H,4-9H2,(H,19,21). The molecule has 6 heteroatoms. The summed E-state index contributed by atoms with van der Waals surface area (Å²) in [4.78, 5) is 26.2. The van der Waals surface area contributed by atoms with E-state index in [4.69, 9.17) is 23.2 Å². The lowest BCUT2D eigenvalue weighted by atomic mass is 9.95. The Bertz CT molecular complexity index is 594. The number of likely N-dealkylation sites (tertiary alicyclic amines) is 1. The minimum Gasteiger partial charge on any atom is -0.342 e. The summed E-state index contributed by atoms with van der Waals surface area (Å²) in [5.41, 5.74) is 0.538. The van der Waals surface area contributed by atoms with E-state index in [0.717, 1.165) is 12.8 Å². The maximum absolute atomic E-state index is 12.3. The lowest BCUT2D eigenvalue weighted by Gasteiger charge is -2.31. The third-order valence-corrected chi connectivity index (χ3v) is 5.13. The molecule has 1 saturated heterocycles. The molecule has 118 valence electrons. The van der Waals surface area contributed by atoms with Crippen LogP contribution in [0.4, 0.5) is 5.69 Å². The van der Waals surface area contributed by atoms with Crippen molar-refractivity contribution in [2.24, 2.45) is 11.8 Å². The zero-order valence-electron chi connectivity index (χ0n) is 12.1. The number of carbonyl (C=O) groups excluding carboxylic acids is 2. The molecule has 1 saturated carbocycles. The Balaban J connectivity index is 1.55. The smallest absolute Gasteiger partial charge is 0.227 e. The fraction of sp³-hybridized carbons (Fsp3) is 0.500. The highest BCUT2D eigenvalue weighted by Gasteiger charge is 2.36. The van der Waals surface area contributed by atoms with E-state index in [1.165, 1.54) is 0 Å². The summed E-state index contributed by atoms with van der Waals surface area (Å²) in [5.74, 6) is 0.369. The molecule has 2 amide bonds. The Labute approximate surface area is 139 Å². The molecular formula is C16H18Cl2N2O2. The Morgan fingerprint density at radius 3 is 2.36 bits per heavy atom. The number of benzene rings is 1. The average Bonchev–Trinajstić information content (AvgIpc) is 3.36. The van der Waals surface area contributed by atoms with Crippen LogP contribution in [0, 0.1) is 11.8 Å². The molecule has 4 nitrogen and oxygen atoms in total. The number of piperidine rings is 1. The molecule has 0 spiro atoms. The van der Waals surface area contributed by atoms with Crippen LogP contribution in [0.1, 0.15) is 25.7 Å². The molecule has 0 radical (unpaired) electrons. The number of nitrogens with one attached hydrogen (secondary N) is 1. The minimum absolute atomic E-state index is 0.0531. The van der Waals surface area contributed by atoms with E-state index < -0.39 is 0 Å². The highest BCUT2D eigenvalue weighted by atomic mass is 35.5. The summed E-state index contributed by atoms with van der Waals surface area (Å²) in [7, 11) is 0. The molecule has 0 atom stereocenters. The first-order valence-corrected chi connectivity index (χ1v) is 8.35. The number of amides is 2. The Hall–Kier alpha value is -1.26. The third kappa shape index (κ3) is 3.39. The molecule has 22 heavy (non-hydrogen) atoms. The number of halogens is 2. The quantitative estimate of drug-likeness (QED) is 0.914. The van der Waals surface area contributed by atoms with E-state index in [0.29, 0.717) is 41.7 Å². The number of anilines is 1. The molecule has 1 heterocycles. The number of nitrogens with zero attached hydrogens (tertiary/aromatic N) is 1. The van der Waals surface area contributed by atoms with Gasteiger partial charge in [0.1, 0.15) is 0 Å². The van der Waals surface area contributed by atoms with Gasteiger partial charge in [-0.15, -0.1) is 0 Å². The van der Waals surface area contributed by atoms with Crippen LogP contribution >= 0.6 is 23.2 Å². The van der Waals surface area contributed by atoms with E-state index >= 15 is 0 Å². The van der Waals surface area contributed by atoms with E-state index in [9.17, 15) is 9.59 Å². The SMILES string of the molecule is O=C(Nc1cccc(Cl)c1Cl)C1CCN(C(=O)C2CC2)CC1. The first-order valence-electron chi connectivity index (χ1n) is 7.60. The summed E-state index contributed by atoms with van der Waals surface area (Å²) < 4.78 is 0. The van der Waals surface area contributed by atoms with Gasteiger partial charge in [-0.25, -0.2) is 0 Å². The minimum atomic E-state index is -0.0849. The lowest BCUT2D eigenvalue weighted by molar-refractivity contribution is -0.135. The van der Waals surface area contributed by atoms with E-state index in [2.05, 4.69) is 5.32 Å². The van der Waals surface area contributed by atoms with Crippen molar-refractivity contribution in [3.05, 3.63) is 28.2 Å². The molecule has 1 N–H and O–H groups in total. The monoisotopic (exact) mass is 340 g/mol. The summed E-state index contributed by atoms with van der Waals surface area (Å²) in [6.07, 6.45) is 3.43. The third-order valence-electron chi connectivity index (χ3n) is 4.31. The Kier molecular flexibility index (Phi) is 4.59. The molecule has 2 fully saturated rings. The number of hydrogen-bond donors (Lipinski definition) is 1. The maximum atomic E-state index is 12.3. The number of carbonyl (C=O) groups is 2. The van der Waals surface area contributed by atoms with Gasteiger partial charge in [0.2, 0.25) is 11.8 Å². The van der Waals surface area contributed by atoms with Gasteiger partial charge in [0.15, 0.2) is 0 Å².